The van der Waals surface area contributed by atoms with Gasteiger partial charge in [-0.1, -0.05) is 0 Å². The third kappa shape index (κ3) is 6.70. The number of nitriles is 2. The van der Waals surface area contributed by atoms with Gasteiger partial charge >= 0.3 is 6.18 Å². The molecule has 14 heteroatoms. The molecule has 0 radical (unpaired) electrons. The summed E-state index contributed by atoms with van der Waals surface area (Å²) in [5, 5.41) is 30.1. The summed E-state index contributed by atoms with van der Waals surface area (Å²) in [5.74, 6) is 0.328. The molecule has 0 bridgehead atoms. The minimum Gasteiger partial charge on any atom is -0.377 e. The Morgan fingerprint density at radius 3 is 2.53 bits per heavy atom. The number of nitrogens with one attached hydrogen (secondary N) is 1. The Hall–Kier alpha value is -5.31. The van der Waals surface area contributed by atoms with Crippen LogP contribution in [0.1, 0.15) is 58.3 Å². The molecule has 0 atom stereocenters. The first-order valence-corrected chi connectivity index (χ1v) is 15.8. The van der Waals surface area contributed by atoms with Gasteiger partial charge in [0.1, 0.15) is 18.0 Å². The maximum absolute atomic E-state index is 14.6. The lowest BCUT2D eigenvalue weighted by Gasteiger charge is -2.43. The minimum atomic E-state index is -4.70. The number of anilines is 2. The van der Waals surface area contributed by atoms with Gasteiger partial charge in [0.2, 0.25) is 0 Å². The highest BCUT2D eigenvalue weighted by Crippen LogP contribution is 2.42. The van der Waals surface area contributed by atoms with Crippen molar-refractivity contribution in [1.29, 1.82) is 10.5 Å². The fourth-order valence-corrected chi connectivity index (χ4v) is 6.58. The molecule has 1 aliphatic heterocycles. The first kappa shape index (κ1) is 33.6. The first-order valence-electron chi connectivity index (χ1n) is 15.8. The molecule has 1 fully saturated rings. The summed E-state index contributed by atoms with van der Waals surface area (Å²) in [4.78, 5) is 21.8. The molecule has 6 rings (SSSR count). The second kappa shape index (κ2) is 13.3. The molecule has 4 aromatic rings. The number of amides is 1. The summed E-state index contributed by atoms with van der Waals surface area (Å²) >= 11 is 0. The van der Waals surface area contributed by atoms with Gasteiger partial charge in [-0.2, -0.15) is 23.7 Å². The van der Waals surface area contributed by atoms with Crippen LogP contribution < -0.4 is 10.2 Å². The van der Waals surface area contributed by atoms with E-state index in [1.165, 1.54) is 11.2 Å². The van der Waals surface area contributed by atoms with E-state index in [1.807, 2.05) is 11.9 Å². The van der Waals surface area contributed by atoms with E-state index < -0.39 is 17.6 Å². The topological polar surface area (TPSA) is 136 Å². The Labute approximate surface area is 281 Å². The maximum atomic E-state index is 14.6. The van der Waals surface area contributed by atoms with Crippen molar-refractivity contribution in [1.82, 2.24) is 24.6 Å². The van der Waals surface area contributed by atoms with Gasteiger partial charge in [-0.25, -0.2) is 4.98 Å². The monoisotopic (exact) mass is 669 g/mol. The van der Waals surface area contributed by atoms with Crippen molar-refractivity contribution in [3.8, 4) is 34.7 Å². The average Bonchev–Trinajstić information content (AvgIpc) is 3.64. The van der Waals surface area contributed by atoms with Crippen molar-refractivity contribution in [3.05, 3.63) is 76.6 Å². The number of nitrogens with zero attached hydrogens (tertiary/aromatic N) is 8. The number of fused-ring (bicyclic) bond motifs is 1. The van der Waals surface area contributed by atoms with Crippen LogP contribution in [0.4, 0.5) is 24.8 Å². The molecule has 3 heterocycles. The van der Waals surface area contributed by atoms with Crippen LogP contribution in [-0.2, 0) is 31.1 Å². The van der Waals surface area contributed by atoms with Crippen molar-refractivity contribution in [3.63, 3.8) is 0 Å². The molecule has 1 saturated carbocycles. The van der Waals surface area contributed by atoms with Gasteiger partial charge in [-0.3, -0.25) is 14.6 Å². The zero-order chi connectivity index (χ0) is 34.9. The third-order valence-electron chi connectivity index (χ3n) is 9.16. The van der Waals surface area contributed by atoms with Crippen LogP contribution in [0.5, 0.6) is 0 Å². The normalized spacial score (nSPS) is 15.1. The van der Waals surface area contributed by atoms with Crippen LogP contribution in [0.25, 0.3) is 22.5 Å². The summed E-state index contributed by atoms with van der Waals surface area (Å²) < 4.78 is 51.1. The number of likely N-dealkylation sites (N-methyl/N-ethyl adjacent to an activating group) is 1. The number of hydrogen-bond acceptors (Lipinski definition) is 9. The molecule has 2 aromatic carbocycles. The van der Waals surface area contributed by atoms with Crippen LogP contribution in [0.3, 0.4) is 0 Å². The number of carbonyl (C=O) groups excluding carboxylic acids is 1. The van der Waals surface area contributed by atoms with Crippen molar-refractivity contribution in [2.75, 3.05) is 37.5 Å². The molecule has 2 aliphatic rings. The Bertz CT molecular complexity index is 1980. The second-order valence-electron chi connectivity index (χ2n) is 12.5. The van der Waals surface area contributed by atoms with Gasteiger partial charge in [-0.05, 0) is 91.0 Å². The Kier molecular flexibility index (Phi) is 9.12. The Balaban J connectivity index is 1.41. The summed E-state index contributed by atoms with van der Waals surface area (Å²) in [6, 6.07) is 15.2. The largest absolute Gasteiger partial charge is 0.416 e. The highest BCUT2D eigenvalue weighted by molar-refractivity contribution is 6.10. The zero-order valence-electron chi connectivity index (χ0n) is 27.3. The molecule has 11 nitrogen and oxygen atoms in total. The van der Waals surface area contributed by atoms with Crippen LogP contribution in [-0.4, -0.2) is 63.4 Å². The molecular weight excluding hydrogens is 635 g/mol. The molecule has 0 spiro atoms. The quantitative estimate of drug-likeness (QED) is 0.193. The lowest BCUT2D eigenvalue weighted by Crippen LogP contribution is -2.48. The molecule has 49 heavy (non-hydrogen) atoms. The summed E-state index contributed by atoms with van der Waals surface area (Å²) in [6.07, 6.45) is -0.171. The standard InChI is InChI=1S/C35H34F3N9O2/c1-45(20-34(49-3)8-4-9-34)18-23-13-27-28(29(14-23)35(36,37)38)19-47(33(27)48)31-16-24(15-30(43-31)41-11-5-10-39)26-12-22(17-40)6-7-25(26)32-44-42-21-46(32)2/h6-7,12-16,21H,4-5,8-9,11,18-20H2,1-3H3,(H,41,43). The summed E-state index contributed by atoms with van der Waals surface area (Å²) in [6.45, 7) is 0.669. The van der Waals surface area contributed by atoms with E-state index in [0.717, 1.165) is 25.3 Å². The number of rotatable bonds is 11. The predicted molar refractivity (Wildman–Crippen MR) is 175 cm³/mol. The van der Waals surface area contributed by atoms with E-state index >= 15 is 0 Å². The highest BCUT2D eigenvalue weighted by atomic mass is 19.4. The smallest absolute Gasteiger partial charge is 0.377 e. The van der Waals surface area contributed by atoms with Crippen molar-refractivity contribution < 1.29 is 22.7 Å². The van der Waals surface area contributed by atoms with Crippen LogP contribution in [0.2, 0.25) is 0 Å². The minimum absolute atomic E-state index is 0.0271. The maximum Gasteiger partial charge on any atom is 0.416 e. The van der Waals surface area contributed by atoms with Crippen LogP contribution >= 0.6 is 0 Å². The Morgan fingerprint density at radius 2 is 1.90 bits per heavy atom. The molecule has 1 amide bonds. The van der Waals surface area contributed by atoms with Gasteiger partial charge in [0.25, 0.3) is 5.91 Å². The molecule has 1 aliphatic carbocycles. The van der Waals surface area contributed by atoms with Gasteiger partial charge < -0.3 is 14.6 Å². The number of hydrogen-bond donors (Lipinski definition) is 1. The number of alkyl halides is 3. The van der Waals surface area contributed by atoms with Gasteiger partial charge in [-0.15, -0.1) is 10.2 Å². The predicted octanol–water partition coefficient (Wildman–Crippen LogP) is 5.92. The van der Waals surface area contributed by atoms with E-state index in [9.17, 15) is 23.2 Å². The van der Waals surface area contributed by atoms with Crippen LogP contribution in [0.15, 0.2) is 48.8 Å². The number of carbonyl (C=O) groups is 1. The van der Waals surface area contributed by atoms with Gasteiger partial charge in [0.15, 0.2) is 5.82 Å². The fourth-order valence-electron chi connectivity index (χ4n) is 6.58. The second-order valence-corrected chi connectivity index (χ2v) is 12.5. The SMILES string of the molecule is COC1(CN(C)Cc2cc3c(c(C(F)(F)F)c2)CN(c2cc(-c4cc(C#N)ccc4-c4nncn4C)cc(NCCC#N)n2)C3=O)CCC1. The average molecular weight is 670 g/mol. The molecule has 252 valence electrons. The highest BCUT2D eigenvalue weighted by Gasteiger charge is 2.42. The first-order chi connectivity index (χ1) is 23.4. The zero-order valence-corrected chi connectivity index (χ0v) is 27.3. The molecule has 0 saturated heterocycles. The fraction of sp³-hybridized carbons (Fsp3) is 0.371. The van der Waals surface area contributed by atoms with E-state index in [4.69, 9.17) is 10.00 Å². The van der Waals surface area contributed by atoms with E-state index in [0.29, 0.717) is 46.0 Å². The van der Waals surface area contributed by atoms with Crippen molar-refractivity contribution in [2.24, 2.45) is 7.05 Å². The molecule has 1 N–H and O–H groups in total. The van der Waals surface area contributed by atoms with Crippen LogP contribution in [0, 0.1) is 22.7 Å². The third-order valence-corrected chi connectivity index (χ3v) is 9.16. The van der Waals surface area contributed by atoms with E-state index in [2.05, 4.69) is 32.6 Å². The molecule has 2 aromatic heterocycles. The van der Waals surface area contributed by atoms with E-state index in [1.54, 1.807) is 55.1 Å². The summed E-state index contributed by atoms with van der Waals surface area (Å²) in [5.41, 5.74) is 1.18. The number of pyridine rings is 1. The van der Waals surface area contributed by atoms with Crippen molar-refractivity contribution in [2.45, 2.75) is 50.6 Å². The number of ether oxygens (including phenoxy) is 1. The molecule has 0 unspecified atom stereocenters. The Morgan fingerprint density at radius 1 is 1.10 bits per heavy atom. The summed E-state index contributed by atoms with van der Waals surface area (Å²) in [7, 11) is 5.26. The lowest BCUT2D eigenvalue weighted by molar-refractivity contribution is -0.138. The van der Waals surface area contributed by atoms with Crippen molar-refractivity contribution >= 4 is 17.5 Å². The van der Waals surface area contributed by atoms with Gasteiger partial charge in [0, 0.05) is 44.9 Å². The number of methoxy groups -OCH3 is 1. The number of halogens is 3. The van der Waals surface area contributed by atoms with E-state index in [-0.39, 0.29) is 48.6 Å². The lowest BCUT2D eigenvalue weighted by atomic mass is 9.79. The molecular formula is C35H34F3N9O2. The number of aryl methyl sites for hydroxylation is 1. The number of benzene rings is 2. The number of aromatic nitrogens is 4. The van der Waals surface area contributed by atoms with Gasteiger partial charge in [0.05, 0.1) is 41.8 Å².